The van der Waals surface area contributed by atoms with E-state index in [0.29, 0.717) is 6.42 Å². The van der Waals surface area contributed by atoms with Gasteiger partial charge in [0.15, 0.2) is 0 Å². The first kappa shape index (κ1) is 15.0. The molecule has 1 rings (SSSR count). The molecule has 1 atom stereocenters. The molecule has 0 aliphatic heterocycles. The molecule has 0 radical (unpaired) electrons. The molecule has 0 saturated heterocycles. The molecule has 0 fully saturated rings. The predicted octanol–water partition coefficient (Wildman–Crippen LogP) is 0.929. The summed E-state index contributed by atoms with van der Waals surface area (Å²) in [5.74, 6) is 4.39. The Hall–Kier alpha value is -2.08. The van der Waals surface area contributed by atoms with Crippen LogP contribution in [0.25, 0.3) is 0 Å². The topological polar surface area (TPSA) is 93.4 Å². The first-order chi connectivity index (χ1) is 9.17. The summed E-state index contributed by atoms with van der Waals surface area (Å²) in [7, 11) is 0. The molecule has 1 unspecified atom stereocenters. The maximum Gasteiger partial charge on any atom is 0.407 e. The van der Waals surface area contributed by atoms with Gasteiger partial charge >= 0.3 is 6.09 Å². The van der Waals surface area contributed by atoms with Crippen LogP contribution in [0.5, 0.6) is 0 Å². The van der Waals surface area contributed by atoms with Crippen molar-refractivity contribution in [3.63, 3.8) is 0 Å². The molecule has 0 bridgehead atoms. The number of hydrogen-bond donors (Lipinski definition) is 3. The molecular weight excluding hydrogens is 246 g/mol. The second kappa shape index (κ2) is 8.10. The van der Waals surface area contributed by atoms with Crippen molar-refractivity contribution in [2.24, 2.45) is 11.8 Å². The highest BCUT2D eigenvalue weighted by molar-refractivity contribution is 5.79. The van der Waals surface area contributed by atoms with E-state index in [-0.39, 0.29) is 25.0 Å². The fourth-order valence-corrected chi connectivity index (χ4v) is 1.52. The number of amides is 2. The lowest BCUT2D eigenvalue weighted by atomic mass is 10.1. The zero-order valence-electron chi connectivity index (χ0n) is 10.9. The molecule has 0 aliphatic carbocycles. The fraction of sp³-hybridized carbons (Fsp3) is 0.385. The van der Waals surface area contributed by atoms with Crippen LogP contribution in [-0.4, -0.2) is 18.5 Å². The van der Waals surface area contributed by atoms with Gasteiger partial charge in [-0.1, -0.05) is 37.3 Å². The second-order valence-corrected chi connectivity index (χ2v) is 4.06. The van der Waals surface area contributed by atoms with Crippen molar-refractivity contribution >= 4 is 12.0 Å². The molecular formula is C13H19N3O3. The lowest BCUT2D eigenvalue weighted by Crippen LogP contribution is -2.41. The minimum absolute atomic E-state index is 0.201. The van der Waals surface area contributed by atoms with Crippen LogP contribution in [0.3, 0.4) is 0 Å². The van der Waals surface area contributed by atoms with E-state index in [2.05, 4.69) is 10.7 Å². The van der Waals surface area contributed by atoms with E-state index in [1.807, 2.05) is 37.3 Å². The standard InChI is InChI=1S/C13H19N3O3/c1-2-11(12(17)16-14)8-15-13(18)19-9-10-6-4-3-5-7-10/h3-7,11H,2,8-9,14H2,1H3,(H,15,18)(H,16,17). The monoisotopic (exact) mass is 265 g/mol. The van der Waals surface area contributed by atoms with Crippen LogP contribution < -0.4 is 16.6 Å². The van der Waals surface area contributed by atoms with Crippen LogP contribution in [0.1, 0.15) is 18.9 Å². The van der Waals surface area contributed by atoms with E-state index < -0.39 is 6.09 Å². The molecule has 0 aliphatic rings. The molecule has 4 N–H and O–H groups in total. The van der Waals surface area contributed by atoms with Gasteiger partial charge in [0, 0.05) is 6.54 Å². The maximum absolute atomic E-state index is 11.5. The molecule has 6 nitrogen and oxygen atoms in total. The molecule has 104 valence electrons. The summed E-state index contributed by atoms with van der Waals surface area (Å²) in [6.07, 6.45) is 0.0364. The zero-order valence-corrected chi connectivity index (χ0v) is 10.9. The number of carbonyl (C=O) groups excluding carboxylic acids is 2. The molecule has 0 saturated carbocycles. The quantitative estimate of drug-likeness (QED) is 0.405. The summed E-state index contributed by atoms with van der Waals surface area (Å²) in [4.78, 5) is 22.8. The van der Waals surface area contributed by atoms with Crippen molar-refractivity contribution in [2.45, 2.75) is 20.0 Å². The summed E-state index contributed by atoms with van der Waals surface area (Å²) in [6.45, 7) is 2.25. The van der Waals surface area contributed by atoms with E-state index in [4.69, 9.17) is 10.6 Å². The Kier molecular flexibility index (Phi) is 6.38. The van der Waals surface area contributed by atoms with Gasteiger partial charge in [-0.15, -0.1) is 0 Å². The van der Waals surface area contributed by atoms with E-state index in [1.165, 1.54) is 0 Å². The molecule has 1 aromatic rings. The zero-order chi connectivity index (χ0) is 14.1. The number of ether oxygens (including phenoxy) is 1. The van der Waals surface area contributed by atoms with Gasteiger partial charge in [-0.2, -0.15) is 0 Å². The average Bonchev–Trinajstić information content (AvgIpc) is 2.46. The summed E-state index contributed by atoms with van der Waals surface area (Å²) >= 11 is 0. The first-order valence-electron chi connectivity index (χ1n) is 6.12. The van der Waals surface area contributed by atoms with Crippen LogP contribution >= 0.6 is 0 Å². The van der Waals surface area contributed by atoms with Gasteiger partial charge in [0.2, 0.25) is 5.91 Å². The number of alkyl carbamates (subject to hydrolysis) is 1. The molecule has 0 spiro atoms. The Balaban J connectivity index is 2.29. The van der Waals surface area contributed by atoms with E-state index in [1.54, 1.807) is 0 Å². The molecule has 0 heterocycles. The number of hydrogen-bond acceptors (Lipinski definition) is 4. The highest BCUT2D eigenvalue weighted by atomic mass is 16.5. The maximum atomic E-state index is 11.5. The van der Waals surface area contributed by atoms with Crippen molar-refractivity contribution in [3.05, 3.63) is 35.9 Å². The van der Waals surface area contributed by atoms with Gasteiger partial charge < -0.3 is 10.1 Å². The predicted molar refractivity (Wildman–Crippen MR) is 70.7 cm³/mol. The van der Waals surface area contributed by atoms with Crippen molar-refractivity contribution in [1.29, 1.82) is 0 Å². The average molecular weight is 265 g/mol. The van der Waals surface area contributed by atoms with Crippen LogP contribution in [0, 0.1) is 5.92 Å². The Morgan fingerprint density at radius 3 is 2.58 bits per heavy atom. The molecule has 0 aromatic heterocycles. The highest BCUT2D eigenvalue weighted by Crippen LogP contribution is 2.02. The van der Waals surface area contributed by atoms with Crippen LogP contribution in [-0.2, 0) is 16.1 Å². The van der Waals surface area contributed by atoms with Crippen molar-refractivity contribution in [3.8, 4) is 0 Å². The van der Waals surface area contributed by atoms with Crippen LogP contribution in [0.2, 0.25) is 0 Å². The summed E-state index contributed by atoms with van der Waals surface area (Å²) in [5.41, 5.74) is 2.97. The third kappa shape index (κ3) is 5.39. The smallest absolute Gasteiger partial charge is 0.407 e. The number of carbonyl (C=O) groups is 2. The second-order valence-electron chi connectivity index (χ2n) is 4.06. The van der Waals surface area contributed by atoms with Crippen molar-refractivity contribution in [1.82, 2.24) is 10.7 Å². The van der Waals surface area contributed by atoms with Crippen molar-refractivity contribution < 1.29 is 14.3 Å². The van der Waals surface area contributed by atoms with Gasteiger partial charge in [0.1, 0.15) is 6.61 Å². The number of hydrazine groups is 1. The Labute approximate surface area is 112 Å². The summed E-state index contributed by atoms with van der Waals surface area (Å²) in [5, 5.41) is 2.54. The minimum Gasteiger partial charge on any atom is -0.445 e. The third-order valence-corrected chi connectivity index (χ3v) is 2.71. The minimum atomic E-state index is -0.549. The van der Waals surface area contributed by atoms with Crippen molar-refractivity contribution in [2.75, 3.05) is 6.54 Å². The van der Waals surface area contributed by atoms with Gasteiger partial charge in [-0.3, -0.25) is 10.2 Å². The number of benzene rings is 1. The summed E-state index contributed by atoms with van der Waals surface area (Å²) < 4.78 is 5.02. The van der Waals surface area contributed by atoms with Gasteiger partial charge in [0.25, 0.3) is 0 Å². The SMILES string of the molecule is CCC(CNC(=O)OCc1ccccc1)C(=O)NN. The third-order valence-electron chi connectivity index (χ3n) is 2.71. The normalized spacial score (nSPS) is 11.5. The molecule has 1 aromatic carbocycles. The molecule has 6 heteroatoms. The lowest BCUT2D eigenvalue weighted by Gasteiger charge is -2.13. The molecule has 19 heavy (non-hydrogen) atoms. The Morgan fingerprint density at radius 1 is 1.32 bits per heavy atom. The fourth-order valence-electron chi connectivity index (χ4n) is 1.52. The van der Waals surface area contributed by atoms with E-state index in [9.17, 15) is 9.59 Å². The Bertz CT molecular complexity index is 409. The lowest BCUT2D eigenvalue weighted by molar-refractivity contribution is -0.124. The number of nitrogens with one attached hydrogen (secondary N) is 2. The first-order valence-corrected chi connectivity index (χ1v) is 6.12. The van der Waals surface area contributed by atoms with Gasteiger partial charge in [-0.05, 0) is 12.0 Å². The number of rotatable bonds is 6. The van der Waals surface area contributed by atoms with E-state index in [0.717, 1.165) is 5.56 Å². The largest absolute Gasteiger partial charge is 0.445 e. The molecule has 2 amide bonds. The Morgan fingerprint density at radius 2 is 2.00 bits per heavy atom. The van der Waals surface area contributed by atoms with Crippen LogP contribution in [0.4, 0.5) is 4.79 Å². The van der Waals surface area contributed by atoms with E-state index >= 15 is 0 Å². The highest BCUT2D eigenvalue weighted by Gasteiger charge is 2.16. The van der Waals surface area contributed by atoms with Gasteiger partial charge in [0.05, 0.1) is 5.92 Å². The van der Waals surface area contributed by atoms with Crippen LogP contribution in [0.15, 0.2) is 30.3 Å². The summed E-state index contributed by atoms with van der Waals surface area (Å²) in [6, 6.07) is 9.36. The number of nitrogens with two attached hydrogens (primary N) is 1. The van der Waals surface area contributed by atoms with Gasteiger partial charge in [-0.25, -0.2) is 10.6 Å².